The van der Waals surface area contributed by atoms with E-state index in [9.17, 15) is 14.3 Å². The van der Waals surface area contributed by atoms with Crippen LogP contribution in [0.3, 0.4) is 0 Å². The summed E-state index contributed by atoms with van der Waals surface area (Å²) in [7, 11) is 0. The van der Waals surface area contributed by atoms with Gasteiger partial charge in [0.2, 0.25) is 0 Å². The predicted octanol–water partition coefficient (Wildman–Crippen LogP) is 3.49. The van der Waals surface area contributed by atoms with Crippen LogP contribution >= 0.6 is 11.6 Å². The predicted molar refractivity (Wildman–Crippen MR) is 82.2 cm³/mol. The van der Waals surface area contributed by atoms with Gasteiger partial charge in [0, 0.05) is 18.1 Å². The Balaban J connectivity index is 1.87. The van der Waals surface area contributed by atoms with Crippen LogP contribution in [0.2, 0.25) is 5.02 Å². The van der Waals surface area contributed by atoms with Gasteiger partial charge >= 0.3 is 5.97 Å². The minimum Gasteiger partial charge on any atom is -0.480 e. The molecule has 1 aliphatic rings. The van der Waals surface area contributed by atoms with Crippen molar-refractivity contribution in [1.29, 1.82) is 0 Å². The average Bonchev–Trinajstić information content (AvgIpc) is 2.48. The third kappa shape index (κ3) is 3.13. The first-order valence-electron chi connectivity index (χ1n) is 7.01. The smallest absolute Gasteiger partial charge is 0.321 e. The molecule has 3 rings (SSSR count). The minimum absolute atomic E-state index is 0.297. The van der Waals surface area contributed by atoms with Crippen molar-refractivity contribution >= 4 is 17.6 Å². The molecule has 2 aromatic rings. The van der Waals surface area contributed by atoms with Crippen molar-refractivity contribution in [2.24, 2.45) is 0 Å². The van der Waals surface area contributed by atoms with E-state index in [0.29, 0.717) is 24.5 Å². The second-order valence-electron chi connectivity index (χ2n) is 5.50. The molecule has 0 aliphatic carbocycles. The van der Waals surface area contributed by atoms with Crippen molar-refractivity contribution in [3.8, 4) is 0 Å². The van der Waals surface area contributed by atoms with Crippen molar-refractivity contribution in [3.63, 3.8) is 0 Å². The maximum Gasteiger partial charge on any atom is 0.321 e. The monoisotopic (exact) mass is 319 g/mol. The molecular formula is C17H15ClFNO2. The first-order chi connectivity index (χ1) is 10.5. The van der Waals surface area contributed by atoms with E-state index in [2.05, 4.69) is 0 Å². The molecule has 5 heteroatoms. The summed E-state index contributed by atoms with van der Waals surface area (Å²) in [5, 5.41) is 10.1. The zero-order chi connectivity index (χ0) is 15.7. The van der Waals surface area contributed by atoms with Crippen molar-refractivity contribution in [2.45, 2.75) is 25.6 Å². The first-order valence-corrected chi connectivity index (χ1v) is 7.39. The van der Waals surface area contributed by atoms with Crippen LogP contribution in [-0.2, 0) is 24.3 Å². The van der Waals surface area contributed by atoms with Crippen LogP contribution in [0.1, 0.15) is 16.7 Å². The van der Waals surface area contributed by atoms with Crippen molar-refractivity contribution in [2.75, 3.05) is 0 Å². The van der Waals surface area contributed by atoms with E-state index < -0.39 is 12.0 Å². The maximum atomic E-state index is 13.0. The zero-order valence-corrected chi connectivity index (χ0v) is 12.6. The van der Waals surface area contributed by atoms with Crippen LogP contribution in [0, 0.1) is 5.82 Å². The lowest BCUT2D eigenvalue weighted by atomic mass is 9.93. The summed E-state index contributed by atoms with van der Waals surface area (Å²) in [6.07, 6.45) is 0.447. The van der Waals surface area contributed by atoms with E-state index in [1.54, 1.807) is 18.2 Å². The average molecular weight is 320 g/mol. The number of carboxylic acids is 1. The third-order valence-corrected chi connectivity index (χ3v) is 4.21. The molecule has 22 heavy (non-hydrogen) atoms. The van der Waals surface area contributed by atoms with E-state index >= 15 is 0 Å². The molecule has 0 fully saturated rings. The topological polar surface area (TPSA) is 40.5 Å². The maximum absolute atomic E-state index is 13.0. The van der Waals surface area contributed by atoms with Gasteiger partial charge in [-0.05, 0) is 47.4 Å². The Hall–Kier alpha value is -1.91. The van der Waals surface area contributed by atoms with Gasteiger partial charge in [-0.1, -0.05) is 29.8 Å². The minimum atomic E-state index is -0.845. The molecule has 2 aromatic carbocycles. The molecule has 0 spiro atoms. The fourth-order valence-corrected chi connectivity index (χ4v) is 3.04. The molecule has 1 aliphatic heterocycles. The van der Waals surface area contributed by atoms with Crippen LogP contribution in [0.25, 0.3) is 0 Å². The van der Waals surface area contributed by atoms with Gasteiger partial charge in [0.25, 0.3) is 0 Å². The molecule has 0 aromatic heterocycles. The number of benzene rings is 2. The molecule has 0 radical (unpaired) electrons. The summed E-state index contributed by atoms with van der Waals surface area (Å²) < 4.78 is 13.0. The largest absolute Gasteiger partial charge is 0.480 e. The quantitative estimate of drug-likeness (QED) is 0.941. The fourth-order valence-electron chi connectivity index (χ4n) is 2.84. The van der Waals surface area contributed by atoms with E-state index in [-0.39, 0.29) is 5.82 Å². The molecule has 114 valence electrons. The summed E-state index contributed by atoms with van der Waals surface area (Å²) in [4.78, 5) is 13.4. The lowest BCUT2D eigenvalue weighted by Crippen LogP contribution is -2.45. The molecular weight excluding hydrogens is 305 g/mol. The van der Waals surface area contributed by atoms with Crippen LogP contribution in [-0.4, -0.2) is 22.0 Å². The van der Waals surface area contributed by atoms with Crippen molar-refractivity contribution in [1.82, 2.24) is 4.90 Å². The summed E-state index contributed by atoms with van der Waals surface area (Å²) in [5.41, 5.74) is 2.96. The summed E-state index contributed by atoms with van der Waals surface area (Å²) >= 11 is 6.02. The second-order valence-corrected chi connectivity index (χ2v) is 5.94. The van der Waals surface area contributed by atoms with Crippen LogP contribution in [0.5, 0.6) is 0 Å². The van der Waals surface area contributed by atoms with Gasteiger partial charge < -0.3 is 5.11 Å². The van der Waals surface area contributed by atoms with Crippen molar-refractivity contribution < 1.29 is 14.3 Å². The number of aliphatic carboxylic acids is 1. The van der Waals surface area contributed by atoms with Gasteiger partial charge in [0.05, 0.1) is 0 Å². The highest BCUT2D eigenvalue weighted by Gasteiger charge is 2.31. The van der Waals surface area contributed by atoms with Gasteiger partial charge in [-0.25, -0.2) is 4.39 Å². The summed E-state index contributed by atoms with van der Waals surface area (Å²) in [6.45, 7) is 0.980. The number of fused-ring (bicyclic) bond motifs is 1. The number of hydrogen-bond donors (Lipinski definition) is 1. The highest BCUT2D eigenvalue weighted by Crippen LogP contribution is 2.27. The van der Waals surface area contributed by atoms with E-state index in [1.165, 1.54) is 12.1 Å². The Kier molecular flexibility index (Phi) is 4.14. The standard InChI is InChI=1S/C17H15ClFNO2/c18-14-4-3-12-8-16(17(21)22)20(10-13(12)7-14)9-11-1-5-15(19)6-2-11/h1-7,16H,8-10H2,(H,21,22)/t16-/m0/s1. The van der Waals surface area contributed by atoms with Gasteiger partial charge in [-0.2, -0.15) is 0 Å². The van der Waals surface area contributed by atoms with Gasteiger partial charge in [-0.3, -0.25) is 9.69 Å². The Bertz CT molecular complexity index is 702. The van der Waals surface area contributed by atoms with Crippen LogP contribution < -0.4 is 0 Å². The van der Waals surface area contributed by atoms with Crippen molar-refractivity contribution in [3.05, 3.63) is 70.0 Å². The molecule has 0 unspecified atom stereocenters. The molecule has 0 amide bonds. The van der Waals surface area contributed by atoms with E-state index in [4.69, 9.17) is 11.6 Å². The molecule has 1 N–H and O–H groups in total. The van der Waals surface area contributed by atoms with Crippen LogP contribution in [0.15, 0.2) is 42.5 Å². The van der Waals surface area contributed by atoms with E-state index in [0.717, 1.165) is 16.7 Å². The Morgan fingerprint density at radius 2 is 1.95 bits per heavy atom. The van der Waals surface area contributed by atoms with E-state index in [1.807, 2.05) is 17.0 Å². The molecule has 3 nitrogen and oxygen atoms in total. The number of hydrogen-bond acceptors (Lipinski definition) is 2. The zero-order valence-electron chi connectivity index (χ0n) is 11.8. The third-order valence-electron chi connectivity index (χ3n) is 3.98. The Morgan fingerprint density at radius 3 is 2.64 bits per heavy atom. The molecule has 1 atom stereocenters. The molecule has 0 bridgehead atoms. The molecule has 0 saturated heterocycles. The Morgan fingerprint density at radius 1 is 1.23 bits per heavy atom. The normalized spacial score (nSPS) is 18.0. The molecule has 0 saturated carbocycles. The number of carbonyl (C=O) groups is 1. The highest BCUT2D eigenvalue weighted by molar-refractivity contribution is 6.30. The summed E-state index contributed by atoms with van der Waals surface area (Å²) in [6, 6.07) is 11.1. The fraction of sp³-hybridized carbons (Fsp3) is 0.235. The number of carboxylic acid groups (broad SMARTS) is 1. The number of halogens is 2. The lowest BCUT2D eigenvalue weighted by molar-refractivity contribution is -0.144. The Labute approximate surface area is 132 Å². The first kappa shape index (κ1) is 15.0. The highest BCUT2D eigenvalue weighted by atomic mass is 35.5. The lowest BCUT2D eigenvalue weighted by Gasteiger charge is -2.34. The number of nitrogens with zero attached hydrogens (tertiary/aromatic N) is 1. The van der Waals surface area contributed by atoms with Gasteiger partial charge in [0.15, 0.2) is 0 Å². The SMILES string of the molecule is O=C(O)[C@@H]1Cc2ccc(Cl)cc2CN1Cc1ccc(F)cc1. The second kappa shape index (κ2) is 6.07. The molecule has 1 heterocycles. The van der Waals surface area contributed by atoms with Crippen LogP contribution in [0.4, 0.5) is 4.39 Å². The van der Waals surface area contributed by atoms with Gasteiger partial charge in [-0.15, -0.1) is 0 Å². The van der Waals surface area contributed by atoms with Gasteiger partial charge in [0.1, 0.15) is 11.9 Å². The summed E-state index contributed by atoms with van der Waals surface area (Å²) in [5.74, 6) is -1.14. The number of rotatable bonds is 3.